The second-order valence-electron chi connectivity index (χ2n) is 5.12. The lowest BCUT2D eigenvalue weighted by atomic mass is 10.1. The molecule has 0 aliphatic heterocycles. The third kappa shape index (κ3) is 4.36. The van der Waals surface area contributed by atoms with Crippen LogP contribution < -0.4 is 10.1 Å². The number of rotatable bonds is 6. The molecule has 1 aromatic carbocycles. The lowest BCUT2D eigenvalue weighted by Crippen LogP contribution is -2.46. The van der Waals surface area contributed by atoms with Gasteiger partial charge in [-0.25, -0.2) is 0 Å². The second kappa shape index (κ2) is 6.03. The molecule has 0 saturated heterocycles. The molecular formula is C14H24N2O. The maximum Gasteiger partial charge on any atom is 0.123 e. The number of benzene rings is 1. The van der Waals surface area contributed by atoms with E-state index in [1.54, 1.807) is 7.11 Å². The summed E-state index contributed by atoms with van der Waals surface area (Å²) in [5.74, 6) is 0.960. The predicted molar refractivity (Wildman–Crippen MR) is 72.5 cm³/mol. The Labute approximate surface area is 105 Å². The lowest BCUT2D eigenvalue weighted by Gasteiger charge is -2.30. The van der Waals surface area contributed by atoms with E-state index in [0.29, 0.717) is 0 Å². The molecule has 0 heterocycles. The fourth-order valence-corrected chi connectivity index (χ4v) is 1.93. The molecule has 1 N–H and O–H groups in total. The molecule has 0 aliphatic carbocycles. The lowest BCUT2D eigenvalue weighted by molar-refractivity contribution is 0.235. The van der Waals surface area contributed by atoms with Crippen molar-refractivity contribution in [3.8, 4) is 5.75 Å². The number of hydrogen-bond donors (Lipinski definition) is 1. The summed E-state index contributed by atoms with van der Waals surface area (Å²) in [7, 11) is 5.85. The van der Waals surface area contributed by atoms with Crippen LogP contribution in [0.3, 0.4) is 0 Å². The van der Waals surface area contributed by atoms with Crippen molar-refractivity contribution in [1.82, 2.24) is 10.2 Å². The first-order valence-corrected chi connectivity index (χ1v) is 5.98. The number of likely N-dealkylation sites (N-methyl/N-ethyl adjacent to an activating group) is 2. The van der Waals surface area contributed by atoms with Crippen molar-refractivity contribution in [1.29, 1.82) is 0 Å². The van der Waals surface area contributed by atoms with Crippen molar-refractivity contribution in [3.63, 3.8) is 0 Å². The molecule has 96 valence electrons. The van der Waals surface area contributed by atoms with Crippen LogP contribution >= 0.6 is 0 Å². The van der Waals surface area contributed by atoms with Gasteiger partial charge in [0.15, 0.2) is 0 Å². The van der Waals surface area contributed by atoms with E-state index >= 15 is 0 Å². The summed E-state index contributed by atoms with van der Waals surface area (Å²) in [6.07, 6.45) is 0. The summed E-state index contributed by atoms with van der Waals surface area (Å²) in [5, 5.41) is 3.31. The fourth-order valence-electron chi connectivity index (χ4n) is 1.93. The standard InChI is InChI=1S/C14H24N2O/c1-14(2,15-3)11-16(4)10-12-8-6-7-9-13(12)17-5/h6-9,15H,10-11H2,1-5H3. The van der Waals surface area contributed by atoms with E-state index in [9.17, 15) is 0 Å². The summed E-state index contributed by atoms with van der Waals surface area (Å²) in [4.78, 5) is 2.30. The molecule has 17 heavy (non-hydrogen) atoms. The van der Waals surface area contributed by atoms with Crippen molar-refractivity contribution in [2.24, 2.45) is 0 Å². The number of nitrogens with zero attached hydrogens (tertiary/aromatic N) is 1. The average Bonchev–Trinajstić information content (AvgIpc) is 2.29. The average molecular weight is 236 g/mol. The maximum atomic E-state index is 5.36. The Morgan fingerprint density at radius 2 is 1.94 bits per heavy atom. The number of para-hydroxylation sites is 1. The number of hydrogen-bond acceptors (Lipinski definition) is 3. The molecule has 3 heteroatoms. The fraction of sp³-hybridized carbons (Fsp3) is 0.571. The quantitative estimate of drug-likeness (QED) is 0.819. The van der Waals surface area contributed by atoms with Gasteiger partial charge < -0.3 is 15.0 Å². The topological polar surface area (TPSA) is 24.5 Å². The van der Waals surface area contributed by atoms with Crippen LogP contribution in [0.4, 0.5) is 0 Å². The number of nitrogens with one attached hydrogen (secondary N) is 1. The monoisotopic (exact) mass is 236 g/mol. The van der Waals surface area contributed by atoms with Crippen LogP contribution in [0.2, 0.25) is 0 Å². The Kier molecular flexibility index (Phi) is 4.97. The van der Waals surface area contributed by atoms with Gasteiger partial charge in [0.1, 0.15) is 5.75 Å². The van der Waals surface area contributed by atoms with Crippen LogP contribution in [0.25, 0.3) is 0 Å². The van der Waals surface area contributed by atoms with Crippen LogP contribution in [-0.2, 0) is 6.54 Å². The van der Waals surface area contributed by atoms with Crippen LogP contribution in [-0.4, -0.2) is 38.2 Å². The zero-order valence-corrected chi connectivity index (χ0v) is 11.6. The molecule has 0 spiro atoms. The molecule has 0 bridgehead atoms. The molecular weight excluding hydrogens is 212 g/mol. The molecule has 3 nitrogen and oxygen atoms in total. The van der Waals surface area contributed by atoms with E-state index in [2.05, 4.69) is 43.2 Å². The molecule has 0 saturated carbocycles. The Hall–Kier alpha value is -1.06. The summed E-state index contributed by atoms with van der Waals surface area (Å²) < 4.78 is 5.36. The van der Waals surface area contributed by atoms with Gasteiger partial charge in [0, 0.05) is 24.2 Å². The van der Waals surface area contributed by atoms with Gasteiger partial charge in [-0.1, -0.05) is 18.2 Å². The highest BCUT2D eigenvalue weighted by Crippen LogP contribution is 2.19. The van der Waals surface area contributed by atoms with E-state index < -0.39 is 0 Å². The van der Waals surface area contributed by atoms with E-state index in [1.165, 1.54) is 5.56 Å². The van der Waals surface area contributed by atoms with Crippen LogP contribution in [0.1, 0.15) is 19.4 Å². The van der Waals surface area contributed by atoms with Crippen molar-refractivity contribution >= 4 is 0 Å². The normalized spacial score (nSPS) is 11.9. The second-order valence-corrected chi connectivity index (χ2v) is 5.12. The van der Waals surface area contributed by atoms with Crippen LogP contribution in [0, 0.1) is 0 Å². The van der Waals surface area contributed by atoms with Crippen LogP contribution in [0.5, 0.6) is 5.75 Å². The molecule has 0 aliphatic rings. The maximum absolute atomic E-state index is 5.36. The molecule has 0 unspecified atom stereocenters. The molecule has 0 radical (unpaired) electrons. The summed E-state index contributed by atoms with van der Waals surface area (Å²) in [6.45, 7) is 6.29. The number of ether oxygens (including phenoxy) is 1. The first-order chi connectivity index (χ1) is 7.98. The Bertz CT molecular complexity index is 350. The Morgan fingerprint density at radius 1 is 1.29 bits per heavy atom. The van der Waals surface area contributed by atoms with E-state index in [-0.39, 0.29) is 5.54 Å². The molecule has 1 aromatic rings. The van der Waals surface area contributed by atoms with Gasteiger partial charge in [-0.05, 0) is 34.0 Å². The van der Waals surface area contributed by atoms with Crippen molar-refractivity contribution in [2.75, 3.05) is 27.7 Å². The predicted octanol–water partition coefficient (Wildman–Crippen LogP) is 2.12. The minimum Gasteiger partial charge on any atom is -0.496 e. The number of methoxy groups -OCH3 is 1. The molecule has 1 rings (SSSR count). The SMILES string of the molecule is CNC(C)(C)CN(C)Cc1ccccc1OC. The molecule has 0 atom stereocenters. The van der Waals surface area contributed by atoms with Crippen LogP contribution in [0.15, 0.2) is 24.3 Å². The first-order valence-electron chi connectivity index (χ1n) is 5.98. The highest BCUT2D eigenvalue weighted by atomic mass is 16.5. The van der Waals surface area contributed by atoms with Crippen molar-refractivity contribution < 1.29 is 4.74 Å². The smallest absolute Gasteiger partial charge is 0.123 e. The largest absolute Gasteiger partial charge is 0.496 e. The van der Waals surface area contributed by atoms with Gasteiger partial charge in [0.2, 0.25) is 0 Å². The van der Waals surface area contributed by atoms with Gasteiger partial charge in [-0.3, -0.25) is 0 Å². The zero-order chi connectivity index (χ0) is 12.9. The van der Waals surface area contributed by atoms with Gasteiger partial charge in [0.25, 0.3) is 0 Å². The van der Waals surface area contributed by atoms with E-state index in [1.807, 2.05) is 19.2 Å². The Balaban J connectivity index is 2.65. The van der Waals surface area contributed by atoms with Crippen molar-refractivity contribution in [2.45, 2.75) is 25.9 Å². The van der Waals surface area contributed by atoms with Gasteiger partial charge in [-0.2, -0.15) is 0 Å². The van der Waals surface area contributed by atoms with E-state index in [0.717, 1.165) is 18.8 Å². The van der Waals surface area contributed by atoms with Crippen molar-refractivity contribution in [3.05, 3.63) is 29.8 Å². The van der Waals surface area contributed by atoms with Gasteiger partial charge >= 0.3 is 0 Å². The first kappa shape index (κ1) is 14.0. The molecule has 0 fully saturated rings. The highest BCUT2D eigenvalue weighted by Gasteiger charge is 2.17. The van der Waals surface area contributed by atoms with Gasteiger partial charge in [-0.15, -0.1) is 0 Å². The molecule has 0 amide bonds. The minimum atomic E-state index is 0.122. The van der Waals surface area contributed by atoms with E-state index in [4.69, 9.17) is 4.74 Å². The molecule has 0 aromatic heterocycles. The summed E-state index contributed by atoms with van der Waals surface area (Å²) in [6, 6.07) is 8.17. The summed E-state index contributed by atoms with van der Waals surface area (Å²) >= 11 is 0. The zero-order valence-electron chi connectivity index (χ0n) is 11.6. The highest BCUT2D eigenvalue weighted by molar-refractivity contribution is 5.33. The minimum absolute atomic E-state index is 0.122. The van der Waals surface area contributed by atoms with Gasteiger partial charge in [0.05, 0.1) is 7.11 Å². The third-order valence-corrected chi connectivity index (χ3v) is 2.97. The summed E-state index contributed by atoms with van der Waals surface area (Å²) in [5.41, 5.74) is 1.35. The third-order valence-electron chi connectivity index (χ3n) is 2.97. The Morgan fingerprint density at radius 3 is 2.53 bits per heavy atom.